The number of allylic oxidation sites excluding steroid dienone is 1. The zero-order valence-electron chi connectivity index (χ0n) is 13.6. The number of nitrogens with one attached hydrogen (secondary N) is 1. The van der Waals surface area contributed by atoms with Crippen LogP contribution in [0.25, 0.3) is 0 Å². The first kappa shape index (κ1) is 16.7. The van der Waals surface area contributed by atoms with Gasteiger partial charge in [0.05, 0.1) is 0 Å². The maximum Gasteiger partial charge on any atom is 0.246 e. The molecule has 1 aliphatic heterocycles. The van der Waals surface area contributed by atoms with Gasteiger partial charge in [-0.3, -0.25) is 9.59 Å². The third-order valence-electron chi connectivity index (χ3n) is 3.52. The minimum absolute atomic E-state index is 0.0350. The standard InChI is InChI=1S/C16H28N2O2/c1-7-8-9-18-13(16(4,5)6)14(19)17-12(15(18)20)10-11(2)3/h7-8,11-13H,9-10H2,1-6H3,(H,17,19)/b8-7+. The van der Waals surface area contributed by atoms with E-state index in [1.807, 2.05) is 39.8 Å². The van der Waals surface area contributed by atoms with E-state index in [1.165, 1.54) is 0 Å². The van der Waals surface area contributed by atoms with Crippen molar-refractivity contribution in [2.24, 2.45) is 11.3 Å². The number of nitrogens with zero attached hydrogens (tertiary/aromatic N) is 1. The summed E-state index contributed by atoms with van der Waals surface area (Å²) in [7, 11) is 0. The van der Waals surface area contributed by atoms with Gasteiger partial charge in [-0.15, -0.1) is 0 Å². The molecular weight excluding hydrogens is 252 g/mol. The predicted molar refractivity (Wildman–Crippen MR) is 81.2 cm³/mol. The van der Waals surface area contributed by atoms with Gasteiger partial charge in [0.2, 0.25) is 11.8 Å². The number of carbonyl (C=O) groups is 2. The summed E-state index contributed by atoms with van der Waals surface area (Å²) in [5, 5.41) is 2.91. The topological polar surface area (TPSA) is 49.4 Å². The smallest absolute Gasteiger partial charge is 0.246 e. The average Bonchev–Trinajstić information content (AvgIpc) is 2.28. The molecule has 2 unspecified atom stereocenters. The van der Waals surface area contributed by atoms with Crippen molar-refractivity contribution in [1.82, 2.24) is 10.2 Å². The maximum absolute atomic E-state index is 12.6. The fourth-order valence-electron chi connectivity index (χ4n) is 2.69. The van der Waals surface area contributed by atoms with Crippen molar-refractivity contribution in [3.8, 4) is 0 Å². The number of rotatable bonds is 4. The largest absolute Gasteiger partial charge is 0.342 e. The third kappa shape index (κ3) is 3.84. The fourth-order valence-corrected chi connectivity index (χ4v) is 2.69. The molecule has 2 atom stereocenters. The van der Waals surface area contributed by atoms with Crippen LogP contribution < -0.4 is 5.32 Å². The van der Waals surface area contributed by atoms with Crippen molar-refractivity contribution in [1.29, 1.82) is 0 Å². The molecule has 0 saturated carbocycles. The van der Waals surface area contributed by atoms with Crippen LogP contribution in [0, 0.1) is 11.3 Å². The molecule has 2 amide bonds. The molecule has 0 radical (unpaired) electrons. The molecule has 1 heterocycles. The highest BCUT2D eigenvalue weighted by atomic mass is 16.2. The van der Waals surface area contributed by atoms with E-state index in [-0.39, 0.29) is 23.3 Å². The average molecular weight is 280 g/mol. The molecule has 1 aliphatic rings. The van der Waals surface area contributed by atoms with Crippen LogP contribution in [0.15, 0.2) is 12.2 Å². The Morgan fingerprint density at radius 1 is 1.30 bits per heavy atom. The van der Waals surface area contributed by atoms with E-state index in [1.54, 1.807) is 4.90 Å². The van der Waals surface area contributed by atoms with Crippen LogP contribution in [0.1, 0.15) is 48.0 Å². The van der Waals surface area contributed by atoms with Gasteiger partial charge in [0.15, 0.2) is 0 Å². The molecule has 114 valence electrons. The fraction of sp³-hybridized carbons (Fsp3) is 0.750. The van der Waals surface area contributed by atoms with Gasteiger partial charge in [-0.25, -0.2) is 0 Å². The van der Waals surface area contributed by atoms with Crippen molar-refractivity contribution in [2.45, 2.75) is 60.0 Å². The highest BCUT2D eigenvalue weighted by Gasteiger charge is 2.45. The molecule has 0 aliphatic carbocycles. The third-order valence-corrected chi connectivity index (χ3v) is 3.52. The minimum atomic E-state index is -0.408. The summed E-state index contributed by atoms with van der Waals surface area (Å²) < 4.78 is 0. The molecule has 0 aromatic carbocycles. The minimum Gasteiger partial charge on any atom is -0.342 e. The van der Waals surface area contributed by atoms with Crippen LogP contribution in [0.4, 0.5) is 0 Å². The first-order valence-corrected chi connectivity index (χ1v) is 7.40. The number of piperazine rings is 1. The molecule has 1 fully saturated rings. The number of hydrogen-bond acceptors (Lipinski definition) is 2. The normalized spacial score (nSPS) is 24.6. The summed E-state index contributed by atoms with van der Waals surface area (Å²) in [6, 6.07) is -0.791. The van der Waals surface area contributed by atoms with Gasteiger partial charge in [0.25, 0.3) is 0 Å². The molecule has 0 aromatic rings. The summed E-state index contributed by atoms with van der Waals surface area (Å²) >= 11 is 0. The molecule has 4 heteroatoms. The zero-order valence-corrected chi connectivity index (χ0v) is 13.6. The van der Waals surface area contributed by atoms with E-state index in [0.717, 1.165) is 0 Å². The van der Waals surface area contributed by atoms with Gasteiger partial charge >= 0.3 is 0 Å². The van der Waals surface area contributed by atoms with Crippen LogP contribution in [-0.4, -0.2) is 35.3 Å². The Morgan fingerprint density at radius 3 is 2.35 bits per heavy atom. The molecule has 0 bridgehead atoms. The second-order valence-electron chi connectivity index (χ2n) is 7.02. The molecule has 0 spiro atoms. The molecular formula is C16H28N2O2. The summed E-state index contributed by atoms with van der Waals surface area (Å²) in [5.74, 6) is 0.377. The lowest BCUT2D eigenvalue weighted by molar-refractivity contribution is -0.153. The summed E-state index contributed by atoms with van der Waals surface area (Å²) in [4.78, 5) is 26.8. The molecule has 1 rings (SSSR count). The quantitative estimate of drug-likeness (QED) is 0.804. The number of hydrogen-bond donors (Lipinski definition) is 1. The summed E-state index contributed by atoms with van der Waals surface area (Å²) in [5.41, 5.74) is -0.274. The Balaban J connectivity index is 3.04. The lowest BCUT2D eigenvalue weighted by atomic mass is 9.82. The van der Waals surface area contributed by atoms with Crippen molar-refractivity contribution in [3.63, 3.8) is 0 Å². The van der Waals surface area contributed by atoms with E-state index in [4.69, 9.17) is 0 Å². The van der Waals surface area contributed by atoms with Gasteiger partial charge in [-0.1, -0.05) is 46.8 Å². The molecule has 1 N–H and O–H groups in total. The van der Waals surface area contributed by atoms with E-state index in [0.29, 0.717) is 18.9 Å². The molecule has 20 heavy (non-hydrogen) atoms. The Kier molecular flexibility index (Phi) is 5.37. The van der Waals surface area contributed by atoms with Crippen LogP contribution in [0.5, 0.6) is 0 Å². The SMILES string of the molecule is C/C=C/CN1C(=O)C(CC(C)C)NC(=O)C1C(C)(C)C. The van der Waals surface area contributed by atoms with Crippen molar-refractivity contribution < 1.29 is 9.59 Å². The van der Waals surface area contributed by atoms with Crippen LogP contribution in [-0.2, 0) is 9.59 Å². The van der Waals surface area contributed by atoms with Crippen LogP contribution in [0.3, 0.4) is 0 Å². The lowest BCUT2D eigenvalue weighted by Gasteiger charge is -2.44. The van der Waals surface area contributed by atoms with Gasteiger partial charge in [-0.05, 0) is 24.7 Å². The highest BCUT2D eigenvalue weighted by molar-refractivity contribution is 5.97. The van der Waals surface area contributed by atoms with E-state index in [9.17, 15) is 9.59 Å². The van der Waals surface area contributed by atoms with Gasteiger partial charge in [-0.2, -0.15) is 0 Å². The second kappa shape index (κ2) is 6.42. The molecule has 0 aromatic heterocycles. The maximum atomic E-state index is 12.6. The zero-order chi connectivity index (χ0) is 15.5. The predicted octanol–water partition coefficient (Wildman–Crippen LogP) is 2.35. The Hall–Kier alpha value is -1.32. The van der Waals surface area contributed by atoms with E-state index >= 15 is 0 Å². The Morgan fingerprint density at radius 2 is 1.90 bits per heavy atom. The number of amides is 2. The second-order valence-corrected chi connectivity index (χ2v) is 7.02. The summed E-state index contributed by atoms with van der Waals surface area (Å²) in [6.45, 7) is 12.5. The van der Waals surface area contributed by atoms with Crippen LogP contribution in [0.2, 0.25) is 0 Å². The van der Waals surface area contributed by atoms with Gasteiger partial charge < -0.3 is 10.2 Å². The van der Waals surface area contributed by atoms with Gasteiger partial charge in [0.1, 0.15) is 12.1 Å². The van der Waals surface area contributed by atoms with Crippen molar-refractivity contribution in [3.05, 3.63) is 12.2 Å². The monoisotopic (exact) mass is 280 g/mol. The number of carbonyl (C=O) groups excluding carboxylic acids is 2. The van der Waals surface area contributed by atoms with Crippen molar-refractivity contribution in [2.75, 3.05) is 6.54 Å². The molecule has 1 saturated heterocycles. The summed E-state index contributed by atoms with van der Waals surface area (Å²) in [6.07, 6.45) is 4.53. The lowest BCUT2D eigenvalue weighted by Crippen LogP contribution is -2.66. The van der Waals surface area contributed by atoms with Gasteiger partial charge in [0, 0.05) is 6.54 Å². The van der Waals surface area contributed by atoms with E-state index in [2.05, 4.69) is 19.2 Å². The van der Waals surface area contributed by atoms with Crippen molar-refractivity contribution >= 4 is 11.8 Å². The van der Waals surface area contributed by atoms with Crippen LogP contribution >= 0.6 is 0 Å². The first-order chi connectivity index (χ1) is 9.18. The molecule has 4 nitrogen and oxygen atoms in total. The van der Waals surface area contributed by atoms with E-state index < -0.39 is 6.04 Å². The Labute approximate surface area is 122 Å². The Bertz CT molecular complexity index is 394. The first-order valence-electron chi connectivity index (χ1n) is 7.40. The highest BCUT2D eigenvalue weighted by Crippen LogP contribution is 2.28.